The van der Waals surface area contributed by atoms with E-state index in [0.717, 1.165) is 11.6 Å². The molecule has 2 heterocycles. The number of aromatic hydroxyl groups is 4. The van der Waals surface area contributed by atoms with E-state index in [1.54, 1.807) is 12.2 Å². The summed E-state index contributed by atoms with van der Waals surface area (Å²) in [5, 5.41) is 84.3. The highest BCUT2D eigenvalue weighted by atomic mass is 16.5. The predicted octanol–water partition coefficient (Wildman–Crippen LogP) is 2.98. The molecule has 0 saturated carbocycles. The molecule has 226 valence electrons. The summed E-state index contributed by atoms with van der Waals surface area (Å²) in [4.78, 5) is 14.4. The molecule has 0 radical (unpaired) electrons. The van der Waals surface area contributed by atoms with Crippen LogP contribution in [0.3, 0.4) is 0 Å². The second-order valence-corrected chi connectivity index (χ2v) is 11.0. The van der Waals surface area contributed by atoms with Gasteiger partial charge in [0.15, 0.2) is 0 Å². The maximum Gasteiger partial charge on any atom is 0.203 e. The highest BCUT2D eigenvalue weighted by Gasteiger charge is 2.46. The molecule has 0 bridgehead atoms. The van der Waals surface area contributed by atoms with Gasteiger partial charge in [-0.25, -0.2) is 0 Å². The average Bonchev–Trinajstić information content (AvgIpc) is 2.91. The van der Waals surface area contributed by atoms with E-state index in [9.17, 15) is 45.6 Å². The van der Waals surface area contributed by atoms with Gasteiger partial charge in [-0.15, -0.1) is 0 Å². The first kappa shape index (κ1) is 31.1. The summed E-state index contributed by atoms with van der Waals surface area (Å²) in [6.07, 6.45) is -3.43. The Hall–Kier alpha value is -3.87. The highest BCUT2D eigenvalue weighted by Crippen LogP contribution is 2.45. The molecular weight excluding hydrogens is 548 g/mol. The van der Waals surface area contributed by atoms with Gasteiger partial charge in [0, 0.05) is 17.2 Å². The van der Waals surface area contributed by atoms with Crippen molar-refractivity contribution < 1.29 is 50.0 Å². The van der Waals surface area contributed by atoms with Crippen LogP contribution in [0.4, 0.5) is 0 Å². The van der Waals surface area contributed by atoms with Gasteiger partial charge in [-0.2, -0.15) is 0 Å². The van der Waals surface area contributed by atoms with Crippen molar-refractivity contribution in [1.82, 2.24) is 0 Å². The Balaban J connectivity index is 2.18. The quantitative estimate of drug-likeness (QED) is 0.190. The summed E-state index contributed by atoms with van der Waals surface area (Å²) < 4.78 is 11.9. The van der Waals surface area contributed by atoms with E-state index < -0.39 is 65.4 Å². The van der Waals surface area contributed by atoms with Crippen molar-refractivity contribution in [1.29, 1.82) is 0 Å². The lowest BCUT2D eigenvalue weighted by atomic mass is 9.88. The fourth-order valence-electron chi connectivity index (χ4n) is 4.97. The van der Waals surface area contributed by atoms with Crippen LogP contribution < -0.4 is 5.43 Å². The van der Waals surface area contributed by atoms with Crippen molar-refractivity contribution in [3.63, 3.8) is 0 Å². The maximum absolute atomic E-state index is 14.4. The van der Waals surface area contributed by atoms with Gasteiger partial charge < -0.3 is 50.0 Å². The molecule has 2 aromatic carbocycles. The summed E-state index contributed by atoms with van der Waals surface area (Å²) in [5.41, 5.74) is -0.535. The summed E-state index contributed by atoms with van der Waals surface area (Å²) in [6, 6.07) is 3.39. The van der Waals surface area contributed by atoms with Crippen molar-refractivity contribution in [2.75, 3.05) is 6.61 Å². The first-order valence-electron chi connectivity index (χ1n) is 13.5. The average molecular weight is 585 g/mol. The Morgan fingerprint density at radius 1 is 0.952 bits per heavy atom. The summed E-state index contributed by atoms with van der Waals surface area (Å²) in [5.74, 6) is -2.00. The molecule has 42 heavy (non-hydrogen) atoms. The Bertz CT molecular complexity index is 1570. The van der Waals surface area contributed by atoms with Crippen LogP contribution in [0.25, 0.3) is 28.4 Å². The van der Waals surface area contributed by atoms with E-state index >= 15 is 0 Å². The molecule has 1 aliphatic rings. The summed E-state index contributed by atoms with van der Waals surface area (Å²) in [6.45, 7) is 6.69. The third-order valence-corrected chi connectivity index (χ3v) is 7.16. The highest BCUT2D eigenvalue weighted by molar-refractivity contribution is 5.95. The van der Waals surface area contributed by atoms with Crippen LogP contribution in [-0.4, -0.2) is 71.9 Å². The van der Waals surface area contributed by atoms with Gasteiger partial charge in [0.1, 0.15) is 70.2 Å². The summed E-state index contributed by atoms with van der Waals surface area (Å²) in [7, 11) is 0. The smallest absolute Gasteiger partial charge is 0.203 e. The molecule has 1 aromatic heterocycles. The van der Waals surface area contributed by atoms with Crippen LogP contribution in [0, 0.1) is 5.92 Å². The molecule has 0 spiro atoms. The Kier molecular flexibility index (Phi) is 9.00. The maximum atomic E-state index is 14.4. The van der Waals surface area contributed by atoms with Gasteiger partial charge >= 0.3 is 0 Å². The van der Waals surface area contributed by atoms with Crippen LogP contribution in [0.1, 0.15) is 50.5 Å². The lowest BCUT2D eigenvalue weighted by Crippen LogP contribution is -2.55. The number of allylic oxidation sites excluding steroid dienone is 3. The van der Waals surface area contributed by atoms with Crippen LogP contribution >= 0.6 is 0 Å². The minimum atomic E-state index is -1.89. The zero-order chi connectivity index (χ0) is 31.0. The van der Waals surface area contributed by atoms with E-state index in [-0.39, 0.29) is 51.5 Å². The lowest BCUT2D eigenvalue weighted by Gasteiger charge is -2.40. The fraction of sp³-hybridized carbons (Fsp3) is 0.387. The molecule has 5 atom stereocenters. The minimum absolute atomic E-state index is 0.0302. The number of phenols is 4. The van der Waals surface area contributed by atoms with Gasteiger partial charge in [0.25, 0.3) is 0 Å². The minimum Gasteiger partial charge on any atom is -0.508 e. The number of aliphatic hydroxyl groups excluding tert-OH is 4. The topological polar surface area (TPSA) is 201 Å². The van der Waals surface area contributed by atoms with Gasteiger partial charge in [0.05, 0.1) is 17.7 Å². The van der Waals surface area contributed by atoms with Crippen molar-refractivity contribution in [3.8, 4) is 34.3 Å². The van der Waals surface area contributed by atoms with Gasteiger partial charge in [-0.05, 0) is 38.3 Å². The van der Waals surface area contributed by atoms with Crippen LogP contribution in [0.15, 0.2) is 45.1 Å². The first-order chi connectivity index (χ1) is 19.8. The number of aliphatic hydroxyl groups is 4. The molecule has 0 unspecified atom stereocenters. The van der Waals surface area contributed by atoms with Crippen molar-refractivity contribution in [3.05, 3.63) is 62.8 Å². The molecule has 3 aromatic rings. The van der Waals surface area contributed by atoms with Crippen LogP contribution in [-0.2, 0) is 11.2 Å². The number of hydrogen-bond acceptors (Lipinski definition) is 11. The monoisotopic (exact) mass is 584 g/mol. The molecular formula is C31H36O11. The van der Waals surface area contributed by atoms with Crippen molar-refractivity contribution in [2.24, 2.45) is 5.92 Å². The normalized spacial score (nSPS) is 22.7. The molecule has 8 N–H and O–H groups in total. The largest absolute Gasteiger partial charge is 0.508 e. The third-order valence-electron chi connectivity index (χ3n) is 7.16. The zero-order valence-electron chi connectivity index (χ0n) is 23.6. The molecule has 1 fully saturated rings. The second-order valence-electron chi connectivity index (χ2n) is 11.0. The summed E-state index contributed by atoms with van der Waals surface area (Å²) >= 11 is 0. The molecule has 4 rings (SSSR count). The first-order valence-corrected chi connectivity index (χ1v) is 13.5. The van der Waals surface area contributed by atoms with Crippen molar-refractivity contribution in [2.45, 2.75) is 64.6 Å². The number of benzene rings is 2. The number of hydrogen-bond donors (Lipinski definition) is 8. The molecule has 0 aliphatic carbocycles. The second kappa shape index (κ2) is 12.2. The third kappa shape index (κ3) is 5.74. The lowest BCUT2D eigenvalue weighted by molar-refractivity contribution is -0.232. The molecule has 1 saturated heterocycles. The Labute approximate surface area is 241 Å². The molecule has 0 amide bonds. The Morgan fingerprint density at radius 2 is 1.60 bits per heavy atom. The zero-order valence-corrected chi connectivity index (χ0v) is 23.6. The van der Waals surface area contributed by atoms with E-state index in [1.807, 2.05) is 27.7 Å². The van der Waals surface area contributed by atoms with Gasteiger partial charge in [0.2, 0.25) is 5.43 Å². The van der Waals surface area contributed by atoms with Gasteiger partial charge in [-0.3, -0.25) is 4.79 Å². The number of ether oxygens (including phenoxy) is 1. The molecule has 11 nitrogen and oxygen atoms in total. The fourth-order valence-corrected chi connectivity index (χ4v) is 4.97. The van der Waals surface area contributed by atoms with Crippen molar-refractivity contribution >= 4 is 17.0 Å². The van der Waals surface area contributed by atoms with Crippen LogP contribution in [0.2, 0.25) is 0 Å². The van der Waals surface area contributed by atoms with Crippen LogP contribution in [0.5, 0.6) is 23.0 Å². The standard InChI is InChI=1S/C31H36O11/c1-13(2)5-7-18-23(35)19(8-6-14(3)4)30-21(24(18)36)26(38)22(29(42-30)15-9-16(33)11-17(34)10-15)31-28(40)27(39)25(37)20(12-32)41-31/h5-7,9-11,13,20,25,27-28,31-37,39-40H,8,12H2,1-4H3/b7-5+/t20-,25-,27+,28-,31+/m1/s1. The Morgan fingerprint density at radius 3 is 2.17 bits per heavy atom. The molecule has 11 heteroatoms. The van der Waals surface area contributed by atoms with Gasteiger partial charge in [-0.1, -0.05) is 37.6 Å². The number of fused-ring (bicyclic) bond motifs is 1. The van der Waals surface area contributed by atoms with E-state index in [0.29, 0.717) is 0 Å². The number of rotatable bonds is 7. The SMILES string of the molecule is CC(C)=CCc1c(O)c(/C=C/C(C)C)c(O)c2c(=O)c([C@@H]3O[C@H](CO)[C@@H](O)[C@H](O)[C@H]3O)c(-c3cc(O)cc(O)c3)oc12. The van der Waals surface area contributed by atoms with E-state index in [4.69, 9.17) is 9.15 Å². The number of phenolic OH excluding ortho intramolecular Hbond substituents is 4. The molecule has 1 aliphatic heterocycles. The van der Waals surface area contributed by atoms with E-state index in [2.05, 4.69) is 0 Å². The van der Waals surface area contributed by atoms with E-state index in [1.165, 1.54) is 18.2 Å². The predicted molar refractivity (Wildman–Crippen MR) is 154 cm³/mol.